The fourth-order valence-corrected chi connectivity index (χ4v) is 2.65. The van der Waals surface area contributed by atoms with Crippen molar-refractivity contribution in [3.05, 3.63) is 76.3 Å². The van der Waals surface area contributed by atoms with Gasteiger partial charge in [0, 0.05) is 54.7 Å². The Kier molecular flexibility index (Phi) is 11.2. The van der Waals surface area contributed by atoms with Crippen LogP contribution in [0.1, 0.15) is 18.2 Å². The van der Waals surface area contributed by atoms with Crippen molar-refractivity contribution < 1.29 is 84.3 Å². The molecular formula is C20H10ClFN3O2UVW-3. The molecule has 10 heteroatoms. The Balaban J connectivity index is 0.00000240. The molecule has 0 aliphatic carbocycles. The molecule has 1 aromatic heterocycles. The number of H-pyrrole nitrogens is 1. The van der Waals surface area contributed by atoms with Gasteiger partial charge in [-0.25, -0.2) is 0 Å². The molecule has 0 fully saturated rings. The van der Waals surface area contributed by atoms with E-state index in [0.29, 0.717) is 11.3 Å². The van der Waals surface area contributed by atoms with Crippen LogP contribution in [0, 0.1) is 60.5 Å². The van der Waals surface area contributed by atoms with Crippen molar-refractivity contribution in [2.75, 3.05) is 0 Å². The van der Waals surface area contributed by atoms with E-state index in [4.69, 9.17) is 27.7 Å². The fraction of sp³-hybridized carbons (Fsp3) is 0.0500. The first-order valence-corrected chi connectivity index (χ1v) is 9.57. The third kappa shape index (κ3) is 7.86. The summed E-state index contributed by atoms with van der Waals surface area (Å²) in [5.41, 5.74) is 1.53. The molecule has 1 N–H and O–H groups in total. The maximum atomic E-state index is 14.2. The van der Waals surface area contributed by atoms with Gasteiger partial charge in [0.1, 0.15) is 0 Å². The number of nitriles is 1. The van der Waals surface area contributed by atoms with Crippen LogP contribution in [0.2, 0.25) is 5.02 Å². The summed E-state index contributed by atoms with van der Waals surface area (Å²) in [6, 6.07) is 9.49. The van der Waals surface area contributed by atoms with E-state index in [9.17, 15) is 4.39 Å². The molecule has 149 valence electrons. The van der Waals surface area contributed by atoms with Gasteiger partial charge in [-0.05, 0) is 18.2 Å². The number of aromatic nitrogens is 2. The SMILES string of the molecule is [3H]c1c(F)[c-]c(OCc2n[nH][c-]c2C=C[C-]=[W])cc1Oc1cc(Cl)cc(C#N)c1.[U].[V]. The molecule has 3 rings (SSSR count). The Morgan fingerprint density at radius 3 is 2.93 bits per heavy atom. The molecule has 0 aliphatic heterocycles. The number of halogens is 2. The number of benzene rings is 2. The summed E-state index contributed by atoms with van der Waals surface area (Å²) in [5, 5.41) is 16.0. The average molecular weight is 854 g/mol. The second-order valence-corrected chi connectivity index (χ2v) is 6.56. The first-order valence-electron chi connectivity index (χ1n) is 8.23. The van der Waals surface area contributed by atoms with Gasteiger partial charge in [0.25, 0.3) is 0 Å². The minimum Gasteiger partial charge on any atom is -0.192 e. The summed E-state index contributed by atoms with van der Waals surface area (Å²) >= 11 is 7.14. The summed E-state index contributed by atoms with van der Waals surface area (Å²) in [5.74, 6) is -0.809. The van der Waals surface area contributed by atoms with Gasteiger partial charge in [0.15, 0.2) is 0 Å². The summed E-state index contributed by atoms with van der Waals surface area (Å²) in [7, 11) is 0. The molecule has 0 spiro atoms. The molecule has 2 aromatic carbocycles. The third-order valence-corrected chi connectivity index (χ3v) is 4.04. The number of ether oxygens (including phenoxy) is 2. The molecular weight excluding hydrogens is 842 g/mol. The fourth-order valence-electron chi connectivity index (χ4n) is 2.18. The van der Waals surface area contributed by atoms with E-state index in [1.54, 1.807) is 12.2 Å². The predicted octanol–water partition coefficient (Wildman–Crippen LogP) is 4.28. The number of nitrogens with one attached hydrogen (secondary N) is 1. The van der Waals surface area contributed by atoms with Gasteiger partial charge in [-0.3, -0.25) is 0 Å². The molecule has 0 unspecified atom stereocenters. The minimum atomic E-state index is -0.938. The van der Waals surface area contributed by atoms with Crippen LogP contribution in [0.15, 0.2) is 36.4 Å². The molecule has 5 nitrogen and oxygen atoms in total. The number of aromatic amines is 1. The standard InChI is InChI=1S/C20H10ClFN3O2.U.V.W/c1-2-3-14-11-24-25-20(14)12-26-17-7-16(22)8-19(9-17)27-18-5-13(10-23)4-15(21)6-18;;;/h2-6,8-9H,12H2,(H,24,25);;;/q-3;;;/i8T;;;. The van der Waals surface area contributed by atoms with E-state index in [1.807, 2.05) is 6.07 Å². The zero-order valence-electron chi connectivity index (χ0n) is 16.0. The van der Waals surface area contributed by atoms with Crippen molar-refractivity contribution in [3.8, 4) is 23.3 Å². The van der Waals surface area contributed by atoms with Gasteiger partial charge in [-0.1, -0.05) is 11.6 Å². The molecule has 1 heterocycles. The van der Waals surface area contributed by atoms with Crippen LogP contribution in [-0.4, -0.2) is 14.6 Å². The van der Waals surface area contributed by atoms with E-state index >= 15 is 0 Å². The van der Waals surface area contributed by atoms with E-state index in [2.05, 4.69) is 26.9 Å². The quantitative estimate of drug-likeness (QED) is 0.361. The van der Waals surface area contributed by atoms with Gasteiger partial charge in [0.05, 0.1) is 11.6 Å². The molecule has 1 radical (unpaired) electrons. The van der Waals surface area contributed by atoms with Crippen molar-refractivity contribution in [1.82, 2.24) is 10.2 Å². The van der Waals surface area contributed by atoms with E-state index in [1.165, 1.54) is 43.6 Å². The zero-order chi connectivity index (χ0) is 20.8. The van der Waals surface area contributed by atoms with Crippen LogP contribution in [-0.2, 0) is 44.5 Å². The average Bonchev–Trinajstić information content (AvgIpc) is 3.15. The van der Waals surface area contributed by atoms with Crippen molar-refractivity contribution >= 4 is 22.1 Å². The summed E-state index contributed by atoms with van der Waals surface area (Å²) in [6.45, 7) is 0.0265. The van der Waals surface area contributed by atoms with Crippen LogP contribution < -0.4 is 9.47 Å². The Hall–Kier alpha value is -1.11. The van der Waals surface area contributed by atoms with Crippen molar-refractivity contribution in [3.63, 3.8) is 0 Å². The third-order valence-electron chi connectivity index (χ3n) is 3.33. The normalized spacial score (nSPS) is 10.4. The second kappa shape index (κ2) is 13.3. The molecule has 0 aliphatic rings. The van der Waals surface area contributed by atoms with Gasteiger partial charge < -0.3 is 0 Å². The number of rotatable bonds is 7. The summed E-state index contributed by atoms with van der Waals surface area (Å²) in [4.78, 5) is 0. The van der Waals surface area contributed by atoms with Gasteiger partial charge in [0.2, 0.25) is 0 Å². The van der Waals surface area contributed by atoms with Gasteiger partial charge in [-0.15, -0.1) is 0 Å². The predicted molar refractivity (Wildman–Crippen MR) is 97.3 cm³/mol. The maximum absolute atomic E-state index is 14.2. The van der Waals surface area contributed by atoms with Crippen LogP contribution in [0.3, 0.4) is 0 Å². The van der Waals surface area contributed by atoms with Gasteiger partial charge >= 0.3 is 127 Å². The van der Waals surface area contributed by atoms with Crippen LogP contribution in [0.25, 0.3) is 6.08 Å². The molecule has 30 heavy (non-hydrogen) atoms. The van der Waals surface area contributed by atoms with Crippen LogP contribution in [0.5, 0.6) is 17.2 Å². The second-order valence-electron chi connectivity index (χ2n) is 5.28. The smallest absolute Gasteiger partial charge is 0.192 e. The van der Waals surface area contributed by atoms with Crippen LogP contribution in [0.4, 0.5) is 4.39 Å². The number of allylic oxidation sites excluding steroid dienone is 1. The molecule has 3 aromatic rings. The monoisotopic (exact) mass is 853 g/mol. The Labute approximate surface area is 226 Å². The van der Waals surface area contributed by atoms with E-state index in [-0.39, 0.29) is 84.1 Å². The summed E-state index contributed by atoms with van der Waals surface area (Å²) in [6.07, 6.45) is 6.36. The Morgan fingerprint density at radius 2 is 2.20 bits per heavy atom. The van der Waals surface area contributed by atoms with Crippen molar-refractivity contribution in [1.29, 1.82) is 5.26 Å². The van der Waals surface area contributed by atoms with Crippen LogP contribution >= 0.6 is 11.6 Å². The van der Waals surface area contributed by atoms with E-state index in [0.717, 1.165) is 0 Å². The number of nitrogens with zero attached hydrogens (tertiary/aromatic N) is 2. The van der Waals surface area contributed by atoms with Crippen molar-refractivity contribution in [2.45, 2.75) is 6.61 Å². The molecule has 0 saturated carbocycles. The zero-order valence-corrected chi connectivity index (χ0v) is 24.2. The van der Waals surface area contributed by atoms with E-state index < -0.39 is 11.9 Å². The first kappa shape index (κ1) is 25.2. The topological polar surface area (TPSA) is 70.9 Å². The Bertz CT molecular complexity index is 1140. The van der Waals surface area contributed by atoms with Crippen molar-refractivity contribution in [2.24, 2.45) is 0 Å². The molecule has 0 amide bonds. The molecule has 0 bridgehead atoms. The Morgan fingerprint density at radius 1 is 1.40 bits per heavy atom. The first-order chi connectivity index (χ1) is 14.0. The summed E-state index contributed by atoms with van der Waals surface area (Å²) < 4.78 is 36.1. The minimum absolute atomic E-state index is 0. The number of hydrogen-bond donors (Lipinski definition) is 1. The molecule has 0 saturated heterocycles. The number of hydrogen-bond acceptors (Lipinski definition) is 4. The van der Waals surface area contributed by atoms with Gasteiger partial charge in [-0.2, -0.15) is 5.26 Å². The molecule has 0 atom stereocenters.